The van der Waals surface area contributed by atoms with Gasteiger partial charge in [-0.2, -0.15) is 0 Å². The molecule has 0 aliphatic carbocycles. The van der Waals surface area contributed by atoms with E-state index in [4.69, 9.17) is 4.42 Å². The average molecular weight is 507 g/mol. The third kappa shape index (κ3) is 6.08. The first-order chi connectivity index (χ1) is 14.8. The summed E-state index contributed by atoms with van der Waals surface area (Å²) < 4.78 is 5.85. The van der Waals surface area contributed by atoms with E-state index in [9.17, 15) is 0 Å². The number of pyridine rings is 1. The van der Waals surface area contributed by atoms with Crippen LogP contribution in [0.1, 0.15) is 35.7 Å². The highest BCUT2D eigenvalue weighted by molar-refractivity contribution is 5.86. The van der Waals surface area contributed by atoms with Crippen molar-refractivity contribution in [2.45, 2.75) is 38.4 Å². The van der Waals surface area contributed by atoms with Crippen molar-refractivity contribution >= 4 is 48.2 Å². The zero-order valence-corrected chi connectivity index (χ0v) is 20.9. The van der Waals surface area contributed by atoms with Crippen LogP contribution < -0.4 is 10.6 Å². The Morgan fingerprint density at radius 1 is 1.00 bits per heavy atom. The molecule has 1 aliphatic rings. The fraction of sp³-hybridized carbons (Fsp3) is 0.269. The maximum Gasteiger partial charge on any atom is 0.138 e. The first-order valence-corrected chi connectivity index (χ1v) is 10.7. The Morgan fingerprint density at radius 2 is 1.82 bits per heavy atom. The van der Waals surface area contributed by atoms with E-state index in [-0.39, 0.29) is 37.2 Å². The van der Waals surface area contributed by atoms with Gasteiger partial charge in [0.05, 0.1) is 6.26 Å². The van der Waals surface area contributed by atoms with Crippen molar-refractivity contribution in [3.05, 3.63) is 89.9 Å². The topological polar surface area (TPSA) is 50.1 Å². The summed E-state index contributed by atoms with van der Waals surface area (Å²) in [5, 5.41) is 8.67. The Morgan fingerprint density at radius 3 is 2.61 bits per heavy atom. The van der Waals surface area contributed by atoms with Gasteiger partial charge in [0, 0.05) is 41.5 Å². The van der Waals surface area contributed by atoms with E-state index in [1.54, 1.807) is 6.26 Å². The molecule has 1 fully saturated rings. The van der Waals surface area contributed by atoms with Crippen molar-refractivity contribution in [1.29, 1.82) is 0 Å². The summed E-state index contributed by atoms with van der Waals surface area (Å²) in [7, 11) is 0. The molecule has 176 valence electrons. The quantitative estimate of drug-likeness (QED) is 0.318. The van der Waals surface area contributed by atoms with Gasteiger partial charge in [0.25, 0.3) is 0 Å². The molecule has 5 rings (SSSR count). The predicted octanol–water partition coefficient (Wildman–Crippen LogP) is 6.65. The largest absolute Gasteiger partial charge is 0.464 e. The van der Waals surface area contributed by atoms with Gasteiger partial charge in [0.15, 0.2) is 0 Å². The highest BCUT2D eigenvalue weighted by Gasteiger charge is 2.25. The molecule has 0 unspecified atom stereocenters. The van der Waals surface area contributed by atoms with Crippen LogP contribution in [0.5, 0.6) is 0 Å². The fourth-order valence-corrected chi connectivity index (χ4v) is 4.54. The van der Waals surface area contributed by atoms with Crippen LogP contribution in [0.3, 0.4) is 0 Å². The first kappa shape index (κ1) is 27.2. The van der Waals surface area contributed by atoms with Crippen LogP contribution in [0.2, 0.25) is 0 Å². The molecule has 2 atom stereocenters. The second kappa shape index (κ2) is 12.4. The van der Waals surface area contributed by atoms with Crippen LogP contribution in [-0.4, -0.2) is 17.6 Å². The Labute approximate surface area is 213 Å². The summed E-state index contributed by atoms with van der Waals surface area (Å²) in [4.78, 5) is 4.34. The van der Waals surface area contributed by atoms with E-state index >= 15 is 0 Å². The zero-order valence-electron chi connectivity index (χ0n) is 18.5. The van der Waals surface area contributed by atoms with Gasteiger partial charge in [-0.15, -0.1) is 37.2 Å². The van der Waals surface area contributed by atoms with Gasteiger partial charge in [0.2, 0.25) is 0 Å². The molecule has 0 saturated carbocycles. The third-order valence-corrected chi connectivity index (χ3v) is 6.03. The van der Waals surface area contributed by atoms with Gasteiger partial charge in [0.1, 0.15) is 5.58 Å². The van der Waals surface area contributed by atoms with Crippen molar-refractivity contribution in [2.24, 2.45) is 0 Å². The highest BCUT2D eigenvalue weighted by Crippen LogP contribution is 2.30. The minimum absolute atomic E-state index is 0. The normalized spacial score (nSPS) is 17.5. The Balaban J connectivity index is 0.00000128. The number of aryl methyl sites for hydroxylation is 1. The molecule has 2 N–H and O–H groups in total. The third-order valence-electron chi connectivity index (χ3n) is 6.03. The molecule has 0 bridgehead atoms. The number of aromatic nitrogens is 1. The SMILES string of the molecule is Cc1cc(-c2cc(CN[C@H]3CCCN[C@H]3c3ccccc3)c3occc3c2)ccn1.Cl.Cl.Cl. The lowest BCUT2D eigenvalue weighted by atomic mass is 9.92. The first-order valence-electron chi connectivity index (χ1n) is 10.7. The number of benzene rings is 2. The molecule has 1 aliphatic heterocycles. The lowest BCUT2D eigenvalue weighted by Gasteiger charge is -2.34. The summed E-state index contributed by atoms with van der Waals surface area (Å²) in [5.74, 6) is 0. The maximum atomic E-state index is 5.85. The molecule has 3 heterocycles. The molecule has 0 amide bonds. The van der Waals surface area contributed by atoms with Crippen molar-refractivity contribution < 1.29 is 4.42 Å². The standard InChI is InChI=1S/C26H27N3O.3ClH/c1-18-14-20(9-12-27-18)22-15-21-10-13-30-26(21)23(16-22)17-29-24-8-5-11-28-25(24)19-6-3-2-4-7-19;;;/h2-4,6-7,9-10,12-16,24-25,28-29H,5,8,11,17H2,1H3;3*1H/t24-,25-;;;/m0.../s1. The molecule has 7 heteroatoms. The number of hydrogen-bond acceptors (Lipinski definition) is 4. The van der Waals surface area contributed by atoms with E-state index in [0.717, 1.165) is 36.2 Å². The molecule has 4 nitrogen and oxygen atoms in total. The molecular weight excluding hydrogens is 477 g/mol. The van der Waals surface area contributed by atoms with Crippen LogP contribution in [0, 0.1) is 6.92 Å². The van der Waals surface area contributed by atoms with Gasteiger partial charge in [-0.3, -0.25) is 4.98 Å². The van der Waals surface area contributed by atoms with Crippen LogP contribution in [0.4, 0.5) is 0 Å². The van der Waals surface area contributed by atoms with E-state index < -0.39 is 0 Å². The predicted molar refractivity (Wildman–Crippen MR) is 143 cm³/mol. The molecule has 1 saturated heterocycles. The van der Waals surface area contributed by atoms with Crippen molar-refractivity contribution in [3.63, 3.8) is 0 Å². The van der Waals surface area contributed by atoms with E-state index in [0.29, 0.717) is 12.1 Å². The molecular formula is C26H30Cl3N3O. The van der Waals surface area contributed by atoms with Crippen LogP contribution >= 0.6 is 37.2 Å². The highest BCUT2D eigenvalue weighted by atomic mass is 35.5. The van der Waals surface area contributed by atoms with Gasteiger partial charge in [-0.1, -0.05) is 30.3 Å². The monoisotopic (exact) mass is 505 g/mol. The minimum Gasteiger partial charge on any atom is -0.464 e. The number of hydrogen-bond donors (Lipinski definition) is 2. The number of nitrogens with zero attached hydrogens (tertiary/aromatic N) is 1. The number of nitrogens with one attached hydrogen (secondary N) is 2. The summed E-state index contributed by atoms with van der Waals surface area (Å²) in [5.41, 5.74) is 6.93. The van der Waals surface area contributed by atoms with E-state index in [2.05, 4.69) is 70.2 Å². The van der Waals surface area contributed by atoms with Crippen molar-refractivity contribution in [2.75, 3.05) is 6.54 Å². The number of fused-ring (bicyclic) bond motifs is 1. The van der Waals surface area contributed by atoms with Crippen LogP contribution in [0.25, 0.3) is 22.1 Å². The second-order valence-corrected chi connectivity index (χ2v) is 8.13. The number of furan rings is 1. The molecule has 4 aromatic rings. The summed E-state index contributed by atoms with van der Waals surface area (Å²) in [6.07, 6.45) is 6.01. The van der Waals surface area contributed by atoms with Gasteiger partial charge in [-0.05, 0) is 73.3 Å². The molecule has 0 radical (unpaired) electrons. The van der Waals surface area contributed by atoms with Crippen molar-refractivity contribution in [1.82, 2.24) is 15.6 Å². The molecule has 0 spiro atoms. The summed E-state index contributed by atoms with van der Waals surface area (Å²) in [6, 6.07) is 22.2. The minimum atomic E-state index is 0. The van der Waals surface area contributed by atoms with Crippen molar-refractivity contribution in [3.8, 4) is 11.1 Å². The Kier molecular flexibility index (Phi) is 10.2. The zero-order chi connectivity index (χ0) is 20.3. The molecule has 2 aromatic carbocycles. The molecule has 33 heavy (non-hydrogen) atoms. The lowest BCUT2D eigenvalue weighted by Crippen LogP contribution is -2.45. The molecule has 2 aromatic heterocycles. The summed E-state index contributed by atoms with van der Waals surface area (Å²) >= 11 is 0. The van der Waals surface area contributed by atoms with Crippen LogP contribution in [0.15, 0.2) is 77.5 Å². The maximum absolute atomic E-state index is 5.85. The van der Waals surface area contributed by atoms with E-state index in [1.165, 1.54) is 28.7 Å². The summed E-state index contributed by atoms with van der Waals surface area (Å²) in [6.45, 7) is 3.87. The van der Waals surface area contributed by atoms with Crippen LogP contribution in [-0.2, 0) is 6.54 Å². The second-order valence-electron chi connectivity index (χ2n) is 8.13. The number of rotatable bonds is 5. The Bertz CT molecular complexity index is 1150. The van der Waals surface area contributed by atoms with E-state index in [1.807, 2.05) is 19.2 Å². The van der Waals surface area contributed by atoms with Gasteiger partial charge in [-0.25, -0.2) is 0 Å². The van der Waals surface area contributed by atoms with Gasteiger partial charge < -0.3 is 15.1 Å². The average Bonchev–Trinajstić information content (AvgIpc) is 3.27. The number of piperidine rings is 1. The lowest BCUT2D eigenvalue weighted by molar-refractivity contribution is 0.304. The van der Waals surface area contributed by atoms with Gasteiger partial charge >= 0.3 is 0 Å². The fourth-order valence-electron chi connectivity index (χ4n) is 4.54. The number of halogens is 3. The smallest absolute Gasteiger partial charge is 0.138 e. The Hall–Kier alpha value is -2.08.